The van der Waals surface area contributed by atoms with Gasteiger partial charge in [0.25, 0.3) is 5.56 Å². The third-order valence-electron chi connectivity index (χ3n) is 9.24. The van der Waals surface area contributed by atoms with E-state index >= 15 is 0 Å². The molecule has 4 aromatic carbocycles. The van der Waals surface area contributed by atoms with E-state index in [-0.39, 0.29) is 18.6 Å². The molecular weight excluding hydrogens is 687 g/mol. The van der Waals surface area contributed by atoms with Gasteiger partial charge in [0.2, 0.25) is 0 Å². The fourth-order valence-electron chi connectivity index (χ4n) is 6.54. The Hall–Kier alpha value is -5.47. The quantitative estimate of drug-likeness (QED) is 0.155. The summed E-state index contributed by atoms with van der Waals surface area (Å²) in [6.45, 7) is -0.0445. The number of ether oxygens (including phenoxy) is 6. The van der Waals surface area contributed by atoms with Crippen molar-refractivity contribution in [2.24, 2.45) is 0 Å². The van der Waals surface area contributed by atoms with Crippen LogP contribution in [0.1, 0.15) is 29.3 Å². The maximum Gasteiger partial charge on any atom is 0.330 e. The van der Waals surface area contributed by atoms with Crippen LogP contribution in [0, 0.1) is 0 Å². The summed E-state index contributed by atoms with van der Waals surface area (Å²) < 4.78 is 37.1. The van der Waals surface area contributed by atoms with E-state index in [0.29, 0.717) is 33.5 Å². The largest absolute Gasteiger partial charge is 0.497 e. The zero-order valence-electron chi connectivity index (χ0n) is 28.9. The monoisotopic (exact) mass is 723 g/mol. The standard InChI is InChI=1S/C39H37N3O9S/c1-46-26-14-10-24(11-15-26)39(23-8-6-5-7-9-23,25-12-16-27(47-2)17-13-25)50-22-33-30(43)19-35(51-33)42-21-28(36(44)41-38(42)45)37-40-29-18-31(48-3)32(49-4)20-34(29)52-37/h5-18,20-21,30,33,35,43H,19,22H2,1-4H3,(H,41,44,45)/t30-,33+,35+/m0/s1. The zero-order chi connectivity index (χ0) is 36.4. The molecule has 2 aromatic heterocycles. The number of benzene rings is 4. The lowest BCUT2D eigenvalue weighted by molar-refractivity contribution is -0.0944. The summed E-state index contributed by atoms with van der Waals surface area (Å²) in [6, 6.07) is 28.6. The molecule has 3 atom stereocenters. The molecule has 0 saturated carbocycles. The molecule has 0 amide bonds. The average Bonchev–Trinajstić information content (AvgIpc) is 3.77. The molecule has 12 nitrogen and oxygen atoms in total. The third-order valence-corrected chi connectivity index (χ3v) is 10.3. The van der Waals surface area contributed by atoms with E-state index in [1.165, 1.54) is 29.2 Å². The van der Waals surface area contributed by atoms with Crippen LogP contribution >= 0.6 is 11.3 Å². The topological polar surface area (TPSA) is 143 Å². The molecule has 0 unspecified atom stereocenters. The van der Waals surface area contributed by atoms with E-state index in [1.807, 2.05) is 78.9 Å². The highest BCUT2D eigenvalue weighted by molar-refractivity contribution is 7.21. The van der Waals surface area contributed by atoms with Gasteiger partial charge >= 0.3 is 5.69 Å². The molecule has 13 heteroatoms. The molecule has 0 spiro atoms. The summed E-state index contributed by atoms with van der Waals surface area (Å²) in [5.41, 5.74) is 0.871. The zero-order valence-corrected chi connectivity index (χ0v) is 29.7. The van der Waals surface area contributed by atoms with Gasteiger partial charge in [0, 0.05) is 24.8 Å². The SMILES string of the molecule is COc1ccc(C(OC[C@H]2O[C@@H](n3cc(-c4nc5cc(OC)c(OC)cc5s4)c(=O)[nH]c3=O)C[C@@H]2O)(c2ccccc2)c2ccc(OC)cc2)cc1. The third kappa shape index (κ3) is 6.43. The first-order chi connectivity index (χ1) is 25.3. The van der Waals surface area contributed by atoms with Crippen molar-refractivity contribution in [3.8, 4) is 33.6 Å². The van der Waals surface area contributed by atoms with Crippen molar-refractivity contribution in [3.05, 3.63) is 135 Å². The molecule has 52 heavy (non-hydrogen) atoms. The second-order valence-electron chi connectivity index (χ2n) is 12.2. The van der Waals surface area contributed by atoms with E-state index in [9.17, 15) is 14.7 Å². The summed E-state index contributed by atoms with van der Waals surface area (Å²) in [5, 5.41) is 11.7. The number of methoxy groups -OCH3 is 4. The Bertz CT molecular complexity index is 2200. The smallest absolute Gasteiger partial charge is 0.330 e. The Labute approximate surface area is 302 Å². The van der Waals surface area contributed by atoms with Gasteiger partial charge in [-0.3, -0.25) is 14.3 Å². The van der Waals surface area contributed by atoms with Gasteiger partial charge in [-0.25, -0.2) is 9.78 Å². The first-order valence-corrected chi connectivity index (χ1v) is 17.3. The number of H-pyrrole nitrogens is 1. The van der Waals surface area contributed by atoms with Gasteiger partial charge in [-0.1, -0.05) is 54.6 Å². The fourth-order valence-corrected chi connectivity index (χ4v) is 7.52. The van der Waals surface area contributed by atoms with Gasteiger partial charge in [0.05, 0.1) is 56.9 Å². The van der Waals surface area contributed by atoms with Crippen LogP contribution < -0.4 is 30.2 Å². The molecular formula is C39H37N3O9S. The number of nitrogens with zero attached hydrogens (tertiary/aromatic N) is 2. The number of rotatable bonds is 12. The van der Waals surface area contributed by atoms with Crippen molar-refractivity contribution in [2.45, 2.75) is 30.5 Å². The summed E-state index contributed by atoms with van der Waals surface area (Å²) in [6.07, 6.45) is -1.20. The van der Waals surface area contributed by atoms with Crippen molar-refractivity contribution in [2.75, 3.05) is 35.0 Å². The number of thiazole rings is 1. The lowest BCUT2D eigenvalue weighted by Crippen LogP contribution is -2.38. The summed E-state index contributed by atoms with van der Waals surface area (Å²) in [4.78, 5) is 33.3. The Morgan fingerprint density at radius 2 is 1.44 bits per heavy atom. The average molecular weight is 724 g/mol. The lowest BCUT2D eigenvalue weighted by Gasteiger charge is -2.37. The van der Waals surface area contributed by atoms with Crippen LogP contribution in [0.25, 0.3) is 20.8 Å². The highest BCUT2D eigenvalue weighted by atomic mass is 32.1. The van der Waals surface area contributed by atoms with E-state index in [1.54, 1.807) is 33.5 Å². The number of aliphatic hydroxyl groups is 1. The van der Waals surface area contributed by atoms with E-state index in [0.717, 1.165) is 21.4 Å². The number of nitrogens with one attached hydrogen (secondary N) is 1. The predicted molar refractivity (Wildman–Crippen MR) is 196 cm³/mol. The first-order valence-electron chi connectivity index (χ1n) is 16.5. The van der Waals surface area contributed by atoms with Crippen LogP contribution in [0.15, 0.2) is 107 Å². The van der Waals surface area contributed by atoms with Crippen LogP contribution in [-0.4, -0.2) is 66.9 Å². The van der Waals surface area contributed by atoms with Gasteiger partial charge in [-0.15, -0.1) is 11.3 Å². The highest BCUT2D eigenvalue weighted by Crippen LogP contribution is 2.43. The Kier molecular flexibility index (Phi) is 9.84. The minimum absolute atomic E-state index is 0.0445. The number of hydrogen-bond donors (Lipinski definition) is 2. The number of aromatic nitrogens is 3. The number of hydrogen-bond acceptors (Lipinski definition) is 11. The van der Waals surface area contributed by atoms with Crippen LogP contribution in [0.5, 0.6) is 23.0 Å². The molecule has 0 radical (unpaired) electrons. The minimum atomic E-state index is -1.14. The van der Waals surface area contributed by atoms with Gasteiger partial charge in [0.15, 0.2) is 11.5 Å². The number of fused-ring (bicyclic) bond motifs is 1. The van der Waals surface area contributed by atoms with Crippen LogP contribution in [-0.2, 0) is 15.1 Å². The van der Waals surface area contributed by atoms with Gasteiger partial charge in [-0.2, -0.15) is 0 Å². The maximum absolute atomic E-state index is 13.2. The molecule has 0 aliphatic carbocycles. The summed E-state index contributed by atoms with van der Waals surface area (Å²) in [7, 11) is 6.30. The molecule has 1 fully saturated rings. The van der Waals surface area contributed by atoms with Crippen molar-refractivity contribution in [3.63, 3.8) is 0 Å². The Balaban J connectivity index is 1.22. The van der Waals surface area contributed by atoms with Gasteiger partial charge in [0.1, 0.15) is 34.4 Å². The molecule has 0 bridgehead atoms. The molecule has 6 aromatic rings. The van der Waals surface area contributed by atoms with Crippen molar-refractivity contribution < 1.29 is 33.5 Å². The van der Waals surface area contributed by atoms with E-state index in [2.05, 4.69) is 9.97 Å². The van der Waals surface area contributed by atoms with Crippen LogP contribution in [0.3, 0.4) is 0 Å². The van der Waals surface area contributed by atoms with E-state index < -0.39 is 35.3 Å². The summed E-state index contributed by atoms with van der Waals surface area (Å²) in [5.74, 6) is 2.41. The number of aromatic amines is 1. The van der Waals surface area contributed by atoms with Crippen molar-refractivity contribution in [1.82, 2.24) is 14.5 Å². The van der Waals surface area contributed by atoms with E-state index in [4.69, 9.17) is 28.4 Å². The molecule has 1 aliphatic rings. The molecule has 7 rings (SSSR count). The van der Waals surface area contributed by atoms with Crippen molar-refractivity contribution in [1.29, 1.82) is 0 Å². The first kappa shape index (κ1) is 35.0. The Morgan fingerprint density at radius 1 is 0.846 bits per heavy atom. The molecule has 2 N–H and O–H groups in total. The Morgan fingerprint density at radius 3 is 2.04 bits per heavy atom. The highest BCUT2D eigenvalue weighted by Gasteiger charge is 2.42. The maximum atomic E-state index is 13.2. The molecule has 1 aliphatic heterocycles. The number of aliphatic hydroxyl groups excluding tert-OH is 1. The van der Waals surface area contributed by atoms with Gasteiger partial charge < -0.3 is 33.5 Å². The normalized spacial score (nSPS) is 17.3. The predicted octanol–water partition coefficient (Wildman–Crippen LogP) is 5.50. The summed E-state index contributed by atoms with van der Waals surface area (Å²) >= 11 is 1.27. The second-order valence-corrected chi connectivity index (χ2v) is 13.2. The van der Waals surface area contributed by atoms with Crippen molar-refractivity contribution >= 4 is 21.6 Å². The lowest BCUT2D eigenvalue weighted by atomic mass is 9.80. The second kappa shape index (κ2) is 14.6. The van der Waals surface area contributed by atoms with Gasteiger partial charge in [-0.05, 0) is 41.0 Å². The van der Waals surface area contributed by atoms with Crippen LogP contribution in [0.2, 0.25) is 0 Å². The minimum Gasteiger partial charge on any atom is -0.497 e. The fraction of sp³-hybridized carbons (Fsp3) is 0.256. The molecule has 268 valence electrons. The molecule has 3 heterocycles. The molecule has 1 saturated heterocycles. The van der Waals surface area contributed by atoms with Crippen LogP contribution in [0.4, 0.5) is 0 Å².